The Morgan fingerprint density at radius 2 is 2.08 bits per heavy atom. The molecule has 1 aliphatic heterocycles. The summed E-state index contributed by atoms with van der Waals surface area (Å²) in [6, 6.07) is 3.86. The smallest absolute Gasteiger partial charge is 0.253 e. The average Bonchev–Trinajstić information content (AvgIpc) is 3.17. The summed E-state index contributed by atoms with van der Waals surface area (Å²) in [4.78, 5) is 16.1. The van der Waals surface area contributed by atoms with Gasteiger partial charge in [-0.2, -0.15) is 5.10 Å². The molecule has 2 aromatic rings. The van der Waals surface area contributed by atoms with E-state index in [1.165, 1.54) is 0 Å². The summed E-state index contributed by atoms with van der Waals surface area (Å²) >= 11 is 0. The molecular formula is C15H21Cl2N5O2. The van der Waals surface area contributed by atoms with Crippen LogP contribution in [-0.2, 0) is 16.1 Å². The van der Waals surface area contributed by atoms with Crippen molar-refractivity contribution in [2.45, 2.75) is 31.6 Å². The summed E-state index contributed by atoms with van der Waals surface area (Å²) in [5.41, 5.74) is 7.31. The normalized spacial score (nSPS) is 19.2. The number of amides is 1. The molecule has 0 bridgehead atoms. The maximum Gasteiger partial charge on any atom is 0.253 e. The van der Waals surface area contributed by atoms with Crippen molar-refractivity contribution in [1.29, 1.82) is 0 Å². The molecule has 3 rings (SSSR count). The zero-order chi connectivity index (χ0) is 15.4. The molecule has 9 heteroatoms. The number of ether oxygens (including phenoxy) is 1. The average molecular weight is 374 g/mol. The molecule has 7 nitrogen and oxygen atoms in total. The number of halogens is 2. The molecular weight excluding hydrogens is 353 g/mol. The van der Waals surface area contributed by atoms with Gasteiger partial charge in [0.05, 0.1) is 24.5 Å². The van der Waals surface area contributed by atoms with Gasteiger partial charge in [0.25, 0.3) is 5.91 Å². The Bertz CT molecular complexity index is 638. The predicted octanol–water partition coefficient (Wildman–Crippen LogP) is 1.61. The Labute approximate surface area is 152 Å². The van der Waals surface area contributed by atoms with Crippen molar-refractivity contribution in [3.05, 3.63) is 42.5 Å². The number of pyridine rings is 1. The van der Waals surface area contributed by atoms with Gasteiger partial charge >= 0.3 is 0 Å². The minimum atomic E-state index is -0.419. The Balaban J connectivity index is 0.00000144. The number of anilines is 1. The number of hydrogen-bond acceptors (Lipinski definition) is 5. The van der Waals surface area contributed by atoms with Crippen LogP contribution in [0.4, 0.5) is 5.69 Å². The monoisotopic (exact) mass is 373 g/mol. The van der Waals surface area contributed by atoms with Crippen molar-refractivity contribution in [2.24, 2.45) is 5.73 Å². The largest absolute Gasteiger partial charge is 0.364 e. The molecule has 0 radical (unpaired) electrons. The van der Waals surface area contributed by atoms with Crippen LogP contribution in [0.1, 0.15) is 18.4 Å². The Morgan fingerprint density at radius 3 is 2.75 bits per heavy atom. The highest BCUT2D eigenvalue weighted by molar-refractivity contribution is 5.94. The number of nitrogens with two attached hydrogens (primary N) is 1. The summed E-state index contributed by atoms with van der Waals surface area (Å²) in [6.45, 7) is 1.08. The molecule has 132 valence electrons. The molecule has 2 aromatic heterocycles. The van der Waals surface area contributed by atoms with E-state index in [0.717, 1.165) is 12.0 Å². The first-order chi connectivity index (χ1) is 10.7. The van der Waals surface area contributed by atoms with Gasteiger partial charge in [0.2, 0.25) is 0 Å². The lowest BCUT2D eigenvalue weighted by atomic mass is 10.2. The Hall–Kier alpha value is -1.67. The summed E-state index contributed by atoms with van der Waals surface area (Å²) in [5, 5.41) is 7.08. The van der Waals surface area contributed by atoms with E-state index >= 15 is 0 Å². The lowest BCUT2D eigenvalue weighted by Crippen LogP contribution is -2.29. The molecule has 1 amide bonds. The molecule has 3 heterocycles. The van der Waals surface area contributed by atoms with E-state index in [1.807, 2.05) is 12.1 Å². The highest BCUT2D eigenvalue weighted by Crippen LogP contribution is 2.20. The number of nitrogens with zero attached hydrogens (tertiary/aromatic N) is 3. The van der Waals surface area contributed by atoms with Crippen LogP contribution >= 0.6 is 24.8 Å². The second-order valence-corrected chi connectivity index (χ2v) is 5.33. The van der Waals surface area contributed by atoms with Crippen molar-refractivity contribution >= 4 is 36.4 Å². The molecule has 0 aromatic carbocycles. The summed E-state index contributed by atoms with van der Waals surface area (Å²) < 4.78 is 7.34. The number of nitrogens with one attached hydrogen (secondary N) is 1. The number of aromatic nitrogens is 3. The van der Waals surface area contributed by atoms with Crippen LogP contribution in [0.25, 0.3) is 0 Å². The summed E-state index contributed by atoms with van der Waals surface area (Å²) in [6.07, 6.45) is 8.03. The van der Waals surface area contributed by atoms with E-state index in [0.29, 0.717) is 25.2 Å². The first-order valence-electron chi connectivity index (χ1n) is 7.32. The fraction of sp³-hybridized carbons (Fsp3) is 0.400. The van der Waals surface area contributed by atoms with Gasteiger partial charge in [0.1, 0.15) is 6.10 Å². The van der Waals surface area contributed by atoms with Gasteiger partial charge in [0.15, 0.2) is 0 Å². The molecule has 2 atom stereocenters. The lowest BCUT2D eigenvalue weighted by Gasteiger charge is -2.11. The highest BCUT2D eigenvalue weighted by atomic mass is 35.5. The van der Waals surface area contributed by atoms with Gasteiger partial charge in [-0.1, -0.05) is 0 Å². The number of hydrogen-bond donors (Lipinski definition) is 2. The summed E-state index contributed by atoms with van der Waals surface area (Å²) in [7, 11) is 0. The van der Waals surface area contributed by atoms with Crippen molar-refractivity contribution in [3.63, 3.8) is 0 Å². The van der Waals surface area contributed by atoms with E-state index in [2.05, 4.69) is 15.4 Å². The quantitative estimate of drug-likeness (QED) is 0.829. The van der Waals surface area contributed by atoms with Crippen LogP contribution < -0.4 is 11.1 Å². The fourth-order valence-corrected chi connectivity index (χ4v) is 2.48. The third-order valence-electron chi connectivity index (χ3n) is 3.66. The molecule has 1 fully saturated rings. The van der Waals surface area contributed by atoms with Gasteiger partial charge in [-0.15, -0.1) is 24.8 Å². The van der Waals surface area contributed by atoms with Crippen LogP contribution in [0.15, 0.2) is 36.9 Å². The van der Waals surface area contributed by atoms with E-state index in [1.54, 1.807) is 29.5 Å². The molecule has 3 N–H and O–H groups in total. The van der Waals surface area contributed by atoms with Gasteiger partial charge in [0, 0.05) is 25.1 Å². The SMILES string of the molecule is Cl.Cl.NC[C@H]1CC[C@@H](C(=O)Nc2cnn(Cc3ccncc3)c2)O1. The van der Waals surface area contributed by atoms with Crippen molar-refractivity contribution in [2.75, 3.05) is 11.9 Å². The van der Waals surface area contributed by atoms with Crippen LogP contribution in [0.3, 0.4) is 0 Å². The molecule has 24 heavy (non-hydrogen) atoms. The third kappa shape index (κ3) is 5.17. The second kappa shape index (κ2) is 9.58. The van der Waals surface area contributed by atoms with Gasteiger partial charge in [-0.05, 0) is 30.5 Å². The molecule has 1 aliphatic rings. The van der Waals surface area contributed by atoms with E-state index < -0.39 is 6.10 Å². The first kappa shape index (κ1) is 20.4. The van der Waals surface area contributed by atoms with Crippen LogP contribution in [0.2, 0.25) is 0 Å². The van der Waals surface area contributed by atoms with Gasteiger partial charge in [-0.3, -0.25) is 14.5 Å². The lowest BCUT2D eigenvalue weighted by molar-refractivity contribution is -0.126. The Kier molecular flexibility index (Phi) is 8.14. The number of carbonyl (C=O) groups excluding carboxylic acids is 1. The van der Waals surface area contributed by atoms with Crippen molar-refractivity contribution in [3.8, 4) is 0 Å². The van der Waals surface area contributed by atoms with Crippen molar-refractivity contribution < 1.29 is 9.53 Å². The fourth-order valence-electron chi connectivity index (χ4n) is 2.48. The van der Waals surface area contributed by atoms with E-state index in [-0.39, 0.29) is 36.8 Å². The molecule has 0 saturated carbocycles. The summed E-state index contributed by atoms with van der Waals surface area (Å²) in [5.74, 6) is -0.139. The zero-order valence-electron chi connectivity index (χ0n) is 13.0. The third-order valence-corrected chi connectivity index (χ3v) is 3.66. The van der Waals surface area contributed by atoms with Crippen LogP contribution in [0.5, 0.6) is 0 Å². The standard InChI is InChI=1S/C15H19N5O2.2ClH/c16-7-13-1-2-14(22-13)15(21)19-12-8-18-20(10-12)9-11-3-5-17-6-4-11;;/h3-6,8,10,13-14H,1-2,7,9,16H2,(H,19,21);2*1H/t13-,14+;;/m1../s1. The van der Waals surface area contributed by atoms with E-state index in [9.17, 15) is 4.79 Å². The van der Waals surface area contributed by atoms with E-state index in [4.69, 9.17) is 10.5 Å². The van der Waals surface area contributed by atoms with Gasteiger partial charge in [-0.25, -0.2) is 0 Å². The molecule has 0 spiro atoms. The molecule has 0 aliphatic carbocycles. The van der Waals surface area contributed by atoms with Crippen LogP contribution in [0, 0.1) is 0 Å². The first-order valence-corrected chi connectivity index (χ1v) is 7.32. The van der Waals surface area contributed by atoms with Crippen LogP contribution in [-0.4, -0.2) is 39.4 Å². The predicted molar refractivity (Wildman–Crippen MR) is 95.6 cm³/mol. The maximum absolute atomic E-state index is 12.1. The zero-order valence-corrected chi connectivity index (χ0v) is 14.6. The highest BCUT2D eigenvalue weighted by Gasteiger charge is 2.29. The minimum absolute atomic E-state index is 0. The maximum atomic E-state index is 12.1. The molecule has 1 saturated heterocycles. The topological polar surface area (TPSA) is 95.1 Å². The second-order valence-electron chi connectivity index (χ2n) is 5.33. The van der Waals surface area contributed by atoms with Gasteiger partial charge < -0.3 is 15.8 Å². The minimum Gasteiger partial charge on any atom is -0.364 e. The van der Waals surface area contributed by atoms with Crippen molar-refractivity contribution in [1.82, 2.24) is 14.8 Å². The Morgan fingerprint density at radius 1 is 1.33 bits per heavy atom. The molecule has 0 unspecified atom stereocenters. The number of rotatable bonds is 5. The number of carbonyl (C=O) groups is 1.